The molecule has 0 spiro atoms. The average molecular weight is 265 g/mol. The smallest absolute Gasteiger partial charge is 0.151 e. The summed E-state index contributed by atoms with van der Waals surface area (Å²) in [5.74, 6) is 1.08. The number of sulfone groups is 1. The van der Waals surface area contributed by atoms with Crippen LogP contribution in [-0.4, -0.2) is 45.7 Å². The van der Waals surface area contributed by atoms with Crippen molar-refractivity contribution in [3.8, 4) is 0 Å². The maximum Gasteiger partial charge on any atom is 0.151 e. The maximum absolute atomic E-state index is 11.3. The highest BCUT2D eigenvalue weighted by atomic mass is 32.2. The van der Waals surface area contributed by atoms with Gasteiger partial charge in [0.05, 0.1) is 12.4 Å². The molecular weight excluding hydrogens is 238 g/mol. The number of hydrogen-bond acceptors (Lipinski definition) is 4. The Hall–Kier alpha value is -0.130. The quantitative estimate of drug-likeness (QED) is 0.608. The lowest BCUT2D eigenvalue weighted by atomic mass is 10.1. The topological polar surface area (TPSA) is 55.4 Å². The summed E-state index contributed by atoms with van der Waals surface area (Å²) in [6, 6.07) is -0.00588. The van der Waals surface area contributed by atoms with Gasteiger partial charge < -0.3 is 10.1 Å². The van der Waals surface area contributed by atoms with Crippen molar-refractivity contribution in [2.75, 3.05) is 31.3 Å². The molecule has 0 radical (unpaired) electrons. The SMILES string of the molecule is CCS(=O)(=O)CC(C)NCCOCCC(C)C. The van der Waals surface area contributed by atoms with Crippen LogP contribution in [0.1, 0.15) is 34.1 Å². The lowest BCUT2D eigenvalue weighted by molar-refractivity contribution is 0.124. The van der Waals surface area contributed by atoms with E-state index in [1.165, 1.54) is 0 Å². The predicted octanol–water partition coefficient (Wildman–Crippen LogP) is 1.46. The first kappa shape index (κ1) is 16.9. The molecule has 0 rings (SSSR count). The Balaban J connectivity index is 3.49. The number of hydrogen-bond donors (Lipinski definition) is 1. The van der Waals surface area contributed by atoms with Crippen LogP contribution in [0.4, 0.5) is 0 Å². The van der Waals surface area contributed by atoms with E-state index >= 15 is 0 Å². The van der Waals surface area contributed by atoms with Gasteiger partial charge in [-0.15, -0.1) is 0 Å². The fourth-order valence-electron chi connectivity index (χ4n) is 1.36. The van der Waals surface area contributed by atoms with Gasteiger partial charge in [0.15, 0.2) is 9.84 Å². The number of nitrogens with one attached hydrogen (secondary N) is 1. The first-order valence-corrected chi connectivity index (χ1v) is 8.21. The molecule has 0 aliphatic carbocycles. The normalized spacial score (nSPS) is 14.2. The van der Waals surface area contributed by atoms with Crippen molar-refractivity contribution in [1.29, 1.82) is 0 Å². The summed E-state index contributed by atoms with van der Waals surface area (Å²) in [6.45, 7) is 10.0. The molecule has 0 aromatic rings. The van der Waals surface area contributed by atoms with E-state index in [4.69, 9.17) is 4.74 Å². The zero-order valence-corrected chi connectivity index (χ0v) is 12.3. The Kier molecular flexibility index (Phi) is 8.82. The molecule has 0 heterocycles. The summed E-state index contributed by atoms with van der Waals surface area (Å²) >= 11 is 0. The Bertz CT molecular complexity index is 275. The van der Waals surface area contributed by atoms with Crippen molar-refractivity contribution in [2.24, 2.45) is 5.92 Å². The fraction of sp³-hybridized carbons (Fsp3) is 1.00. The Morgan fingerprint density at radius 2 is 1.82 bits per heavy atom. The Morgan fingerprint density at radius 1 is 1.18 bits per heavy atom. The van der Waals surface area contributed by atoms with Crippen molar-refractivity contribution in [3.63, 3.8) is 0 Å². The molecule has 0 saturated carbocycles. The first-order valence-electron chi connectivity index (χ1n) is 6.39. The molecule has 5 heteroatoms. The summed E-state index contributed by atoms with van der Waals surface area (Å²) in [5, 5.41) is 3.16. The van der Waals surface area contributed by atoms with Crippen LogP contribution in [0, 0.1) is 5.92 Å². The molecule has 104 valence electrons. The van der Waals surface area contributed by atoms with Crippen molar-refractivity contribution in [3.05, 3.63) is 0 Å². The summed E-state index contributed by atoms with van der Waals surface area (Å²) < 4.78 is 28.1. The molecule has 0 aromatic heterocycles. The number of ether oxygens (including phenoxy) is 1. The predicted molar refractivity (Wildman–Crippen MR) is 72.1 cm³/mol. The van der Waals surface area contributed by atoms with Gasteiger partial charge in [0.2, 0.25) is 0 Å². The van der Waals surface area contributed by atoms with Gasteiger partial charge >= 0.3 is 0 Å². The van der Waals surface area contributed by atoms with Gasteiger partial charge in [0, 0.05) is 24.9 Å². The highest BCUT2D eigenvalue weighted by molar-refractivity contribution is 7.91. The van der Waals surface area contributed by atoms with Gasteiger partial charge in [0.1, 0.15) is 0 Å². The minimum absolute atomic E-state index is 0.00588. The van der Waals surface area contributed by atoms with Crippen LogP contribution in [-0.2, 0) is 14.6 Å². The van der Waals surface area contributed by atoms with Gasteiger partial charge in [0.25, 0.3) is 0 Å². The van der Waals surface area contributed by atoms with Gasteiger partial charge in [-0.3, -0.25) is 0 Å². The third kappa shape index (κ3) is 10.7. The van der Waals surface area contributed by atoms with Crippen LogP contribution in [0.25, 0.3) is 0 Å². The highest BCUT2D eigenvalue weighted by Crippen LogP contribution is 1.98. The molecule has 0 amide bonds. The molecule has 0 bridgehead atoms. The second-order valence-corrected chi connectivity index (χ2v) is 7.25. The van der Waals surface area contributed by atoms with Gasteiger partial charge in [-0.2, -0.15) is 0 Å². The molecule has 0 fully saturated rings. The lowest BCUT2D eigenvalue weighted by Gasteiger charge is -2.13. The van der Waals surface area contributed by atoms with Crippen molar-refractivity contribution >= 4 is 9.84 Å². The molecule has 1 atom stereocenters. The van der Waals surface area contributed by atoms with E-state index < -0.39 is 9.84 Å². The second-order valence-electron chi connectivity index (χ2n) is 4.85. The molecule has 0 aliphatic rings. The minimum atomic E-state index is -2.88. The van der Waals surface area contributed by atoms with E-state index in [-0.39, 0.29) is 17.5 Å². The van der Waals surface area contributed by atoms with Gasteiger partial charge in [-0.05, 0) is 19.3 Å². The zero-order chi connectivity index (χ0) is 13.3. The van der Waals surface area contributed by atoms with Crippen LogP contribution < -0.4 is 5.32 Å². The molecule has 1 N–H and O–H groups in total. The van der Waals surface area contributed by atoms with E-state index in [1.54, 1.807) is 6.92 Å². The van der Waals surface area contributed by atoms with E-state index in [0.29, 0.717) is 19.1 Å². The Morgan fingerprint density at radius 3 is 2.35 bits per heavy atom. The van der Waals surface area contributed by atoms with E-state index in [0.717, 1.165) is 13.0 Å². The van der Waals surface area contributed by atoms with Crippen LogP contribution >= 0.6 is 0 Å². The highest BCUT2D eigenvalue weighted by Gasteiger charge is 2.12. The maximum atomic E-state index is 11.3. The van der Waals surface area contributed by atoms with Crippen molar-refractivity contribution in [1.82, 2.24) is 5.32 Å². The van der Waals surface area contributed by atoms with Crippen LogP contribution in [0.2, 0.25) is 0 Å². The third-order valence-electron chi connectivity index (χ3n) is 2.52. The molecule has 17 heavy (non-hydrogen) atoms. The van der Waals surface area contributed by atoms with Crippen LogP contribution in [0.5, 0.6) is 0 Å². The molecule has 0 aliphatic heterocycles. The Labute approximate surface area is 106 Å². The van der Waals surface area contributed by atoms with E-state index in [1.807, 2.05) is 6.92 Å². The minimum Gasteiger partial charge on any atom is -0.380 e. The first-order chi connectivity index (χ1) is 7.87. The summed E-state index contributed by atoms with van der Waals surface area (Å²) in [5.41, 5.74) is 0. The molecule has 0 aromatic carbocycles. The summed E-state index contributed by atoms with van der Waals surface area (Å²) in [4.78, 5) is 0. The lowest BCUT2D eigenvalue weighted by Crippen LogP contribution is -2.35. The largest absolute Gasteiger partial charge is 0.380 e. The van der Waals surface area contributed by atoms with Crippen molar-refractivity contribution < 1.29 is 13.2 Å². The summed E-state index contributed by atoms with van der Waals surface area (Å²) in [7, 11) is -2.88. The third-order valence-corrected chi connectivity index (χ3v) is 4.41. The van der Waals surface area contributed by atoms with Gasteiger partial charge in [-0.25, -0.2) is 8.42 Å². The van der Waals surface area contributed by atoms with E-state index in [2.05, 4.69) is 19.2 Å². The van der Waals surface area contributed by atoms with Crippen LogP contribution in [0.15, 0.2) is 0 Å². The summed E-state index contributed by atoms with van der Waals surface area (Å²) in [6.07, 6.45) is 1.07. The molecular formula is C12H27NO3S. The standard InChI is InChI=1S/C12H27NO3S/c1-5-17(14,15)10-12(4)13-7-9-16-8-6-11(2)3/h11-13H,5-10H2,1-4H3. The molecule has 0 saturated heterocycles. The molecule has 1 unspecified atom stereocenters. The molecule has 4 nitrogen and oxygen atoms in total. The van der Waals surface area contributed by atoms with Gasteiger partial charge in [-0.1, -0.05) is 20.8 Å². The fourth-order valence-corrected chi connectivity index (χ4v) is 2.47. The van der Waals surface area contributed by atoms with Crippen molar-refractivity contribution in [2.45, 2.75) is 40.2 Å². The second kappa shape index (κ2) is 8.89. The average Bonchev–Trinajstić information content (AvgIpc) is 2.22. The zero-order valence-electron chi connectivity index (χ0n) is 11.5. The van der Waals surface area contributed by atoms with E-state index in [9.17, 15) is 8.42 Å². The number of rotatable bonds is 10. The monoisotopic (exact) mass is 265 g/mol. The van der Waals surface area contributed by atoms with Crippen LogP contribution in [0.3, 0.4) is 0 Å².